The molecule has 1 aromatic rings. The monoisotopic (exact) mass is 615 g/mol. The lowest BCUT2D eigenvalue weighted by atomic mass is 9.84. The zero-order valence-corrected chi connectivity index (χ0v) is 24.9. The molecule has 230 valence electrons. The highest BCUT2D eigenvalue weighted by Gasteiger charge is 2.30. The van der Waals surface area contributed by atoms with Gasteiger partial charge in [0.05, 0.1) is 19.9 Å². The van der Waals surface area contributed by atoms with Crippen LogP contribution in [0.3, 0.4) is 0 Å². The molecule has 41 heavy (non-hydrogen) atoms. The first-order chi connectivity index (χ1) is 19.7. The molecule has 0 aromatic heterocycles. The van der Waals surface area contributed by atoms with Gasteiger partial charge in [0.25, 0.3) is 10.2 Å². The third kappa shape index (κ3) is 11.5. The molecule has 14 heteroatoms. The summed E-state index contributed by atoms with van der Waals surface area (Å²) in [7, 11) is -3.79. The molecule has 1 aliphatic heterocycles. The molecule has 2 atom stereocenters. The predicted molar refractivity (Wildman–Crippen MR) is 153 cm³/mol. The van der Waals surface area contributed by atoms with E-state index in [9.17, 15) is 22.8 Å². The minimum atomic E-state index is -3.79. The van der Waals surface area contributed by atoms with E-state index in [4.69, 9.17) is 21.5 Å². The number of aryl methyl sites for hydroxylation is 1. The van der Waals surface area contributed by atoms with E-state index in [1.54, 1.807) is 17.6 Å². The van der Waals surface area contributed by atoms with E-state index in [-0.39, 0.29) is 32.1 Å². The topological polar surface area (TPSA) is 166 Å². The first-order valence-corrected chi connectivity index (χ1v) is 16.1. The maximum absolute atomic E-state index is 13.4. The van der Waals surface area contributed by atoms with Gasteiger partial charge in [-0.15, -0.1) is 0 Å². The van der Waals surface area contributed by atoms with E-state index < -0.39 is 39.9 Å². The number of amides is 3. The van der Waals surface area contributed by atoms with Gasteiger partial charge in [-0.3, -0.25) is 19.6 Å². The number of nitrogens with one attached hydrogen (secondary N) is 4. The highest BCUT2D eigenvalue weighted by Crippen LogP contribution is 2.28. The lowest BCUT2D eigenvalue weighted by Gasteiger charge is -2.28. The lowest BCUT2D eigenvalue weighted by Crippen LogP contribution is -2.53. The number of carbonyl (C=O) groups excluding carboxylic acids is 3. The number of ether oxygens (including phenoxy) is 1. The van der Waals surface area contributed by atoms with Gasteiger partial charge in [-0.1, -0.05) is 55.8 Å². The first-order valence-electron chi connectivity index (χ1n) is 14.3. The van der Waals surface area contributed by atoms with Crippen molar-refractivity contribution in [2.45, 2.75) is 70.3 Å². The van der Waals surface area contributed by atoms with Crippen molar-refractivity contribution in [1.29, 1.82) is 0 Å². The first kappa shape index (κ1) is 33.2. The van der Waals surface area contributed by atoms with Gasteiger partial charge in [-0.05, 0) is 49.3 Å². The van der Waals surface area contributed by atoms with Crippen molar-refractivity contribution in [2.24, 2.45) is 11.8 Å². The fourth-order valence-corrected chi connectivity index (χ4v) is 6.48. The molecule has 3 amide bonds. The Labute approximate surface area is 247 Å². The van der Waals surface area contributed by atoms with E-state index >= 15 is 0 Å². The Balaban J connectivity index is 1.62. The van der Waals surface area contributed by atoms with Crippen LogP contribution in [0.2, 0.25) is 5.02 Å². The Bertz CT molecular complexity index is 1090. The van der Waals surface area contributed by atoms with Crippen LogP contribution in [0.5, 0.6) is 0 Å². The molecule has 1 aromatic carbocycles. The molecule has 1 saturated carbocycles. The number of hydrogen-bond donors (Lipinski definition) is 5. The maximum atomic E-state index is 13.4. The number of rotatable bonds is 15. The lowest BCUT2D eigenvalue weighted by molar-refractivity contribution is -0.136. The van der Waals surface area contributed by atoms with Crippen LogP contribution < -0.4 is 20.8 Å². The number of hydroxylamine groups is 1. The molecule has 1 aliphatic carbocycles. The van der Waals surface area contributed by atoms with E-state index in [2.05, 4.69) is 15.4 Å². The van der Waals surface area contributed by atoms with Gasteiger partial charge < -0.3 is 15.4 Å². The molecule has 5 N–H and O–H groups in total. The average molecular weight is 616 g/mol. The summed E-state index contributed by atoms with van der Waals surface area (Å²) in [5.74, 6) is -2.18. The van der Waals surface area contributed by atoms with Gasteiger partial charge in [0.2, 0.25) is 17.7 Å². The zero-order chi connectivity index (χ0) is 29.7. The summed E-state index contributed by atoms with van der Waals surface area (Å²) in [4.78, 5) is 38.6. The Morgan fingerprint density at radius 3 is 2.39 bits per heavy atom. The number of halogens is 1. The summed E-state index contributed by atoms with van der Waals surface area (Å²) in [5.41, 5.74) is 2.62. The van der Waals surface area contributed by atoms with Crippen LogP contribution in [0, 0.1) is 11.8 Å². The molecule has 1 saturated heterocycles. The number of benzene rings is 1. The summed E-state index contributed by atoms with van der Waals surface area (Å²) in [6.45, 7) is 0.734. The van der Waals surface area contributed by atoms with E-state index in [0.29, 0.717) is 43.9 Å². The molecular formula is C27H42ClN5O7S. The van der Waals surface area contributed by atoms with Crippen molar-refractivity contribution in [3.8, 4) is 0 Å². The minimum absolute atomic E-state index is 0.227. The molecule has 2 aliphatic rings. The summed E-state index contributed by atoms with van der Waals surface area (Å²) in [6, 6.07) is 6.48. The summed E-state index contributed by atoms with van der Waals surface area (Å²) in [6.07, 6.45) is 6.93. The maximum Gasteiger partial charge on any atom is 0.281 e. The molecular weight excluding hydrogens is 574 g/mol. The van der Waals surface area contributed by atoms with Crippen LogP contribution in [-0.4, -0.2) is 74.7 Å². The van der Waals surface area contributed by atoms with Gasteiger partial charge in [-0.25, -0.2) is 5.48 Å². The second kappa shape index (κ2) is 17.0. The fourth-order valence-electron chi connectivity index (χ4n) is 5.29. The van der Waals surface area contributed by atoms with Crippen molar-refractivity contribution < 1.29 is 32.7 Å². The number of carbonyl (C=O) groups is 3. The van der Waals surface area contributed by atoms with E-state index in [1.807, 2.05) is 12.1 Å². The van der Waals surface area contributed by atoms with Crippen molar-refractivity contribution in [3.63, 3.8) is 0 Å². The van der Waals surface area contributed by atoms with Gasteiger partial charge in [0, 0.05) is 30.5 Å². The van der Waals surface area contributed by atoms with Gasteiger partial charge in [0.1, 0.15) is 6.04 Å². The number of hydrogen-bond acceptors (Lipinski definition) is 7. The van der Waals surface area contributed by atoms with Crippen molar-refractivity contribution in [1.82, 2.24) is 25.1 Å². The van der Waals surface area contributed by atoms with Crippen LogP contribution in [0.4, 0.5) is 0 Å². The average Bonchev–Trinajstić information content (AvgIpc) is 2.98. The Kier molecular flexibility index (Phi) is 13.8. The quantitative estimate of drug-likeness (QED) is 0.114. The summed E-state index contributed by atoms with van der Waals surface area (Å²) < 4.78 is 33.9. The van der Waals surface area contributed by atoms with Crippen LogP contribution in [-0.2, 0) is 35.8 Å². The molecule has 2 fully saturated rings. The highest BCUT2D eigenvalue weighted by atomic mass is 35.5. The zero-order valence-electron chi connectivity index (χ0n) is 23.3. The van der Waals surface area contributed by atoms with E-state index in [0.717, 1.165) is 37.7 Å². The van der Waals surface area contributed by atoms with Crippen LogP contribution in [0.1, 0.15) is 63.4 Å². The van der Waals surface area contributed by atoms with Crippen LogP contribution >= 0.6 is 11.6 Å². The molecule has 0 radical (unpaired) electrons. The molecule has 3 rings (SSSR count). The number of morpholine rings is 1. The number of nitrogens with zero attached hydrogens (tertiary/aromatic N) is 1. The second-order valence-electron chi connectivity index (χ2n) is 10.6. The molecule has 1 heterocycles. The van der Waals surface area contributed by atoms with Gasteiger partial charge in [0.15, 0.2) is 0 Å². The predicted octanol–water partition coefficient (Wildman–Crippen LogP) is 1.87. The van der Waals surface area contributed by atoms with Crippen molar-refractivity contribution >= 4 is 39.5 Å². The van der Waals surface area contributed by atoms with Crippen molar-refractivity contribution in [2.75, 3.05) is 33.0 Å². The molecule has 0 spiro atoms. The minimum Gasteiger partial charge on any atom is -0.379 e. The third-order valence-electron chi connectivity index (χ3n) is 7.61. The standard InChI is InChI=1S/C27H42ClN5O7S/c28-23-11-9-20(10-12-23)7-4-8-22(18-25(34)32-37)26(35)31-24(17-21-5-2-1-3-6-21)27(36)29-19-30-41(38,39)33-13-15-40-16-14-33/h9-12,21-22,24,30,37H,1-8,13-19H2,(H,29,36)(H,31,35)(H,32,34)/t22-,24+/m1/s1. The highest BCUT2D eigenvalue weighted by molar-refractivity contribution is 7.87. The molecule has 12 nitrogen and oxygen atoms in total. The Hall–Kier alpha value is -2.29. The van der Waals surface area contributed by atoms with Gasteiger partial charge in [-0.2, -0.15) is 17.4 Å². The Morgan fingerprint density at radius 1 is 1.05 bits per heavy atom. The largest absolute Gasteiger partial charge is 0.379 e. The van der Waals surface area contributed by atoms with E-state index in [1.165, 1.54) is 4.31 Å². The Morgan fingerprint density at radius 2 is 1.73 bits per heavy atom. The SMILES string of the molecule is O=C(C[C@@H](CCCc1ccc(Cl)cc1)C(=O)N[C@@H](CC1CCCCC1)C(=O)NCNS(=O)(=O)N1CCOCC1)NO. The second-order valence-corrected chi connectivity index (χ2v) is 12.8. The fraction of sp³-hybridized carbons (Fsp3) is 0.667. The van der Waals surface area contributed by atoms with Crippen LogP contribution in [0.15, 0.2) is 24.3 Å². The molecule has 0 bridgehead atoms. The van der Waals surface area contributed by atoms with Crippen LogP contribution in [0.25, 0.3) is 0 Å². The summed E-state index contributed by atoms with van der Waals surface area (Å²) in [5, 5.41) is 15.1. The molecule has 0 unspecified atom stereocenters. The third-order valence-corrected chi connectivity index (χ3v) is 9.42. The normalized spacial score (nSPS) is 18.3. The smallest absolute Gasteiger partial charge is 0.281 e. The van der Waals surface area contributed by atoms with Crippen molar-refractivity contribution in [3.05, 3.63) is 34.9 Å². The summed E-state index contributed by atoms with van der Waals surface area (Å²) >= 11 is 5.95. The van der Waals surface area contributed by atoms with Gasteiger partial charge >= 0.3 is 0 Å².